The zero-order chi connectivity index (χ0) is 7.49. The van der Waals surface area contributed by atoms with Gasteiger partial charge in [0.05, 0.1) is 0 Å². The maximum Gasteiger partial charge on any atom is 0.567 e. The second kappa shape index (κ2) is 2.67. The van der Waals surface area contributed by atoms with Crippen molar-refractivity contribution in [3.63, 3.8) is 0 Å². The standard InChI is InChI=1S/C3H2F4O2/c1-2(4)8-3(5,6)9-7/h1H2. The highest BCUT2D eigenvalue weighted by Gasteiger charge is 2.36. The highest BCUT2D eigenvalue weighted by Crippen LogP contribution is 2.20. The van der Waals surface area contributed by atoms with Crippen molar-refractivity contribution < 1.29 is 27.4 Å². The van der Waals surface area contributed by atoms with Crippen LogP contribution in [0.25, 0.3) is 0 Å². The van der Waals surface area contributed by atoms with E-state index < -0.39 is 12.3 Å². The van der Waals surface area contributed by atoms with Crippen LogP contribution in [-0.2, 0) is 9.68 Å². The molecule has 9 heavy (non-hydrogen) atoms. The molecule has 0 radical (unpaired) electrons. The van der Waals surface area contributed by atoms with E-state index in [1.165, 1.54) is 0 Å². The molecule has 0 unspecified atom stereocenters. The Hall–Kier alpha value is -0.780. The predicted molar refractivity (Wildman–Crippen MR) is 18.5 cm³/mol. The van der Waals surface area contributed by atoms with Gasteiger partial charge in [0.2, 0.25) is 0 Å². The monoisotopic (exact) mass is 146 g/mol. The molecule has 2 nitrogen and oxygen atoms in total. The summed E-state index contributed by atoms with van der Waals surface area (Å²) in [7, 11) is 0. The quantitative estimate of drug-likeness (QED) is 0.344. The minimum Gasteiger partial charge on any atom is -0.381 e. The van der Waals surface area contributed by atoms with Gasteiger partial charge in [-0.15, -0.1) is 8.78 Å². The van der Waals surface area contributed by atoms with Crippen LogP contribution in [0.4, 0.5) is 17.7 Å². The summed E-state index contributed by atoms with van der Waals surface area (Å²) < 4.78 is 47.2. The van der Waals surface area contributed by atoms with E-state index in [-0.39, 0.29) is 0 Å². The molecule has 0 N–H and O–H groups in total. The summed E-state index contributed by atoms with van der Waals surface area (Å²) in [6.07, 6.45) is -4.58. The molecule has 0 aliphatic heterocycles. The van der Waals surface area contributed by atoms with Crippen LogP contribution in [0.15, 0.2) is 12.6 Å². The van der Waals surface area contributed by atoms with Gasteiger partial charge >= 0.3 is 6.29 Å². The van der Waals surface area contributed by atoms with Crippen LogP contribution in [0.5, 0.6) is 0 Å². The zero-order valence-corrected chi connectivity index (χ0v) is 4.04. The third-order valence-electron chi connectivity index (χ3n) is 0.319. The SMILES string of the molecule is C=C(F)OC(F)(F)OF. The first-order valence-corrected chi connectivity index (χ1v) is 1.69. The van der Waals surface area contributed by atoms with Crippen LogP contribution >= 0.6 is 0 Å². The van der Waals surface area contributed by atoms with Crippen LogP contribution in [0.3, 0.4) is 0 Å². The first kappa shape index (κ1) is 8.22. The number of hydrogen-bond acceptors (Lipinski definition) is 2. The van der Waals surface area contributed by atoms with E-state index in [2.05, 4.69) is 11.3 Å². The average molecular weight is 146 g/mol. The fourth-order valence-corrected chi connectivity index (χ4v) is 0.145. The fraction of sp³-hybridized carbons (Fsp3) is 0.333. The Morgan fingerprint density at radius 1 is 1.44 bits per heavy atom. The molecule has 0 amide bonds. The molecule has 0 aromatic carbocycles. The van der Waals surface area contributed by atoms with Gasteiger partial charge in [-0.25, -0.2) is 0 Å². The van der Waals surface area contributed by atoms with Crippen molar-refractivity contribution in [2.45, 2.75) is 6.29 Å². The first-order chi connectivity index (χ1) is 3.98. The molecule has 0 aromatic rings. The van der Waals surface area contributed by atoms with Gasteiger partial charge in [-0.3, -0.25) is 0 Å². The van der Waals surface area contributed by atoms with Gasteiger partial charge in [0.15, 0.2) is 0 Å². The van der Waals surface area contributed by atoms with E-state index in [0.717, 1.165) is 0 Å². The lowest BCUT2D eigenvalue weighted by Crippen LogP contribution is -2.19. The Bertz CT molecular complexity index is 112. The Balaban J connectivity index is 3.71. The van der Waals surface area contributed by atoms with Crippen molar-refractivity contribution >= 4 is 0 Å². The summed E-state index contributed by atoms with van der Waals surface area (Å²) in [5, 5.41) is 0. The molecule has 0 saturated carbocycles. The summed E-state index contributed by atoms with van der Waals surface area (Å²) in [4.78, 5) is 1.89. The number of alkyl halides is 2. The molecule has 0 aliphatic carbocycles. The van der Waals surface area contributed by atoms with Crippen molar-refractivity contribution in [3.05, 3.63) is 12.6 Å². The zero-order valence-electron chi connectivity index (χ0n) is 4.04. The van der Waals surface area contributed by atoms with Gasteiger partial charge in [0.25, 0.3) is 6.01 Å². The lowest BCUT2D eigenvalue weighted by Gasteiger charge is -2.07. The van der Waals surface area contributed by atoms with Crippen LogP contribution in [0.2, 0.25) is 0 Å². The van der Waals surface area contributed by atoms with Crippen LogP contribution in [0, 0.1) is 0 Å². The highest BCUT2D eigenvalue weighted by atomic mass is 19.4. The molecule has 0 saturated heterocycles. The van der Waals surface area contributed by atoms with Gasteiger partial charge in [-0.2, -0.15) is 4.39 Å². The smallest absolute Gasteiger partial charge is 0.381 e. The Labute approximate surface area is 47.6 Å². The Morgan fingerprint density at radius 3 is 2.00 bits per heavy atom. The number of rotatable bonds is 3. The van der Waals surface area contributed by atoms with Crippen molar-refractivity contribution in [1.29, 1.82) is 0 Å². The number of hydrogen-bond donors (Lipinski definition) is 0. The van der Waals surface area contributed by atoms with Crippen molar-refractivity contribution in [3.8, 4) is 0 Å². The van der Waals surface area contributed by atoms with E-state index >= 15 is 0 Å². The minimum absolute atomic E-state index is 1.82. The highest BCUT2D eigenvalue weighted by molar-refractivity contribution is 4.63. The molecule has 0 atom stereocenters. The summed E-state index contributed by atoms with van der Waals surface area (Å²) in [6.45, 7) is 2.27. The second-order valence-electron chi connectivity index (χ2n) is 0.998. The van der Waals surface area contributed by atoms with Crippen LogP contribution < -0.4 is 0 Å². The molecule has 0 aromatic heterocycles. The van der Waals surface area contributed by atoms with Crippen molar-refractivity contribution in [2.75, 3.05) is 0 Å². The molecule has 6 heteroatoms. The molecular weight excluding hydrogens is 144 g/mol. The lowest BCUT2D eigenvalue weighted by molar-refractivity contribution is -0.458. The number of ether oxygens (including phenoxy) is 1. The molecule has 54 valence electrons. The average Bonchev–Trinajstić information content (AvgIpc) is 1.63. The van der Waals surface area contributed by atoms with Crippen LogP contribution in [0.1, 0.15) is 0 Å². The maximum absolute atomic E-state index is 11.3. The van der Waals surface area contributed by atoms with E-state index in [1.807, 2.05) is 4.94 Å². The molecule has 0 fully saturated rings. The summed E-state index contributed by atoms with van der Waals surface area (Å²) in [5.41, 5.74) is 0. The molecular formula is C3H2F4O2. The van der Waals surface area contributed by atoms with Crippen molar-refractivity contribution in [2.24, 2.45) is 0 Å². The number of halogens is 4. The first-order valence-electron chi connectivity index (χ1n) is 1.69. The molecule has 0 bridgehead atoms. The van der Waals surface area contributed by atoms with Gasteiger partial charge in [-0.05, 0) is 11.1 Å². The molecule has 0 heterocycles. The second-order valence-corrected chi connectivity index (χ2v) is 0.998. The predicted octanol–water partition coefficient (Wildman–Crippen LogP) is 1.90. The third kappa shape index (κ3) is 3.77. The summed E-state index contributed by atoms with van der Waals surface area (Å²) in [5.74, 6) is 0. The minimum atomic E-state index is -4.58. The van der Waals surface area contributed by atoms with Gasteiger partial charge in [-0.1, -0.05) is 4.94 Å². The van der Waals surface area contributed by atoms with Gasteiger partial charge < -0.3 is 4.74 Å². The molecule has 0 spiro atoms. The Kier molecular flexibility index (Phi) is 2.44. The molecule has 0 aliphatic rings. The third-order valence-corrected chi connectivity index (χ3v) is 0.319. The summed E-state index contributed by atoms with van der Waals surface area (Å²) >= 11 is 0. The van der Waals surface area contributed by atoms with Gasteiger partial charge in [0, 0.05) is 0 Å². The summed E-state index contributed by atoms with van der Waals surface area (Å²) in [6, 6.07) is -1.82. The van der Waals surface area contributed by atoms with E-state index in [1.54, 1.807) is 0 Å². The normalized spacial score (nSPS) is 11.1. The maximum atomic E-state index is 11.3. The topological polar surface area (TPSA) is 18.5 Å². The fourth-order valence-electron chi connectivity index (χ4n) is 0.145. The van der Waals surface area contributed by atoms with Crippen LogP contribution in [-0.4, -0.2) is 6.29 Å². The van der Waals surface area contributed by atoms with E-state index in [9.17, 15) is 17.7 Å². The van der Waals surface area contributed by atoms with E-state index in [0.29, 0.717) is 0 Å². The molecule has 0 rings (SSSR count). The van der Waals surface area contributed by atoms with Gasteiger partial charge in [0.1, 0.15) is 0 Å². The Morgan fingerprint density at radius 2 is 1.89 bits per heavy atom. The van der Waals surface area contributed by atoms with E-state index in [4.69, 9.17) is 0 Å². The lowest BCUT2D eigenvalue weighted by atomic mass is 11.0. The van der Waals surface area contributed by atoms with Crippen molar-refractivity contribution in [1.82, 2.24) is 0 Å². The largest absolute Gasteiger partial charge is 0.567 e.